The van der Waals surface area contributed by atoms with Crippen molar-refractivity contribution in [1.29, 1.82) is 0 Å². The van der Waals surface area contributed by atoms with Crippen LogP contribution in [0.4, 0.5) is 11.4 Å². The summed E-state index contributed by atoms with van der Waals surface area (Å²) in [6, 6.07) is 16.2. The van der Waals surface area contributed by atoms with E-state index in [0.717, 1.165) is 42.5 Å². The number of benzene rings is 2. The molecule has 0 heterocycles. The van der Waals surface area contributed by atoms with Gasteiger partial charge in [0.05, 0.1) is 18.0 Å². The molecule has 0 amide bonds. The van der Waals surface area contributed by atoms with Gasteiger partial charge in [0.25, 0.3) is 0 Å². The molecule has 0 aliphatic rings. The lowest BCUT2D eigenvalue weighted by molar-refractivity contribution is 0.306. The number of hydrogen-bond donors (Lipinski definition) is 0. The smallest absolute Gasteiger partial charge is 0.119 e. The van der Waals surface area contributed by atoms with Gasteiger partial charge in [-0.3, -0.25) is 0 Å². The Labute approximate surface area is 152 Å². The summed E-state index contributed by atoms with van der Waals surface area (Å²) in [6.45, 7) is 7.48. The predicted molar refractivity (Wildman–Crippen MR) is 105 cm³/mol. The summed E-state index contributed by atoms with van der Waals surface area (Å²) in [4.78, 5) is 0. The van der Waals surface area contributed by atoms with E-state index in [1.165, 1.54) is 24.8 Å². The van der Waals surface area contributed by atoms with Crippen molar-refractivity contribution in [3.63, 3.8) is 0 Å². The maximum absolute atomic E-state index is 5.71. The first kappa shape index (κ1) is 19.2. The molecule has 2 aromatic rings. The Balaban J connectivity index is 1.86. The standard InChI is InChI=1S/C22H30N2O/c1-4-6-7-16-25-22-14-12-21(13-15-22)24-23-20-10-8-19(9-11-20)17-18(3)5-2/h8-15,18H,4-7,16-17H2,1-3H3. The third kappa shape index (κ3) is 7.08. The summed E-state index contributed by atoms with van der Waals surface area (Å²) in [7, 11) is 0. The maximum Gasteiger partial charge on any atom is 0.119 e. The molecule has 0 spiro atoms. The van der Waals surface area contributed by atoms with E-state index in [2.05, 4.69) is 43.1 Å². The Morgan fingerprint density at radius 3 is 2.00 bits per heavy atom. The molecular weight excluding hydrogens is 308 g/mol. The normalized spacial score (nSPS) is 12.4. The molecule has 0 aromatic heterocycles. The molecule has 2 aromatic carbocycles. The van der Waals surface area contributed by atoms with Crippen LogP contribution >= 0.6 is 0 Å². The number of unbranched alkanes of at least 4 members (excludes halogenated alkanes) is 2. The Kier molecular flexibility index (Phi) is 8.17. The quantitative estimate of drug-likeness (QED) is 0.331. The van der Waals surface area contributed by atoms with E-state index >= 15 is 0 Å². The summed E-state index contributed by atoms with van der Waals surface area (Å²) < 4.78 is 5.71. The lowest BCUT2D eigenvalue weighted by Crippen LogP contribution is -1.96. The molecule has 0 aliphatic carbocycles. The molecule has 134 valence electrons. The molecule has 0 saturated carbocycles. The Morgan fingerprint density at radius 1 is 0.840 bits per heavy atom. The van der Waals surface area contributed by atoms with Crippen LogP contribution in [0.5, 0.6) is 5.75 Å². The number of rotatable bonds is 10. The van der Waals surface area contributed by atoms with Gasteiger partial charge in [-0.15, -0.1) is 0 Å². The zero-order valence-electron chi connectivity index (χ0n) is 15.7. The van der Waals surface area contributed by atoms with Gasteiger partial charge in [-0.2, -0.15) is 10.2 Å². The number of ether oxygens (including phenoxy) is 1. The highest BCUT2D eigenvalue weighted by Gasteiger charge is 2.01. The van der Waals surface area contributed by atoms with E-state index in [1.54, 1.807) is 0 Å². The van der Waals surface area contributed by atoms with Gasteiger partial charge in [-0.05, 0) is 60.7 Å². The molecular formula is C22H30N2O. The molecule has 0 N–H and O–H groups in total. The highest BCUT2D eigenvalue weighted by Crippen LogP contribution is 2.22. The Hall–Kier alpha value is -2.16. The van der Waals surface area contributed by atoms with Gasteiger partial charge in [-0.25, -0.2) is 0 Å². The molecule has 0 aliphatic heterocycles. The topological polar surface area (TPSA) is 34.0 Å². The largest absolute Gasteiger partial charge is 0.494 e. The van der Waals surface area contributed by atoms with Gasteiger partial charge in [0.1, 0.15) is 5.75 Å². The lowest BCUT2D eigenvalue weighted by atomic mass is 9.99. The Morgan fingerprint density at radius 2 is 1.44 bits per heavy atom. The van der Waals surface area contributed by atoms with Gasteiger partial charge < -0.3 is 4.74 Å². The van der Waals surface area contributed by atoms with Gasteiger partial charge in [0.2, 0.25) is 0 Å². The minimum atomic E-state index is 0.718. The van der Waals surface area contributed by atoms with Crippen molar-refractivity contribution in [3.05, 3.63) is 54.1 Å². The van der Waals surface area contributed by atoms with E-state index in [4.69, 9.17) is 4.74 Å². The third-order valence-corrected chi connectivity index (χ3v) is 4.35. The minimum absolute atomic E-state index is 0.718. The first-order valence-corrected chi connectivity index (χ1v) is 9.44. The fourth-order valence-electron chi connectivity index (χ4n) is 2.51. The second-order valence-corrected chi connectivity index (χ2v) is 6.63. The number of hydrogen-bond acceptors (Lipinski definition) is 3. The van der Waals surface area contributed by atoms with Crippen molar-refractivity contribution in [2.24, 2.45) is 16.1 Å². The molecule has 1 atom stereocenters. The molecule has 0 fully saturated rings. The fourth-order valence-corrected chi connectivity index (χ4v) is 2.51. The first-order valence-electron chi connectivity index (χ1n) is 9.44. The molecule has 3 nitrogen and oxygen atoms in total. The highest BCUT2D eigenvalue weighted by atomic mass is 16.5. The van der Waals surface area contributed by atoms with Gasteiger partial charge in [0.15, 0.2) is 0 Å². The van der Waals surface area contributed by atoms with Gasteiger partial charge in [-0.1, -0.05) is 52.2 Å². The summed E-state index contributed by atoms with van der Waals surface area (Å²) in [5.41, 5.74) is 3.08. The summed E-state index contributed by atoms with van der Waals surface area (Å²) in [5, 5.41) is 8.62. The van der Waals surface area contributed by atoms with E-state index in [-0.39, 0.29) is 0 Å². The van der Waals surface area contributed by atoms with Gasteiger partial charge >= 0.3 is 0 Å². The van der Waals surface area contributed by atoms with E-state index in [0.29, 0.717) is 0 Å². The van der Waals surface area contributed by atoms with Crippen LogP contribution in [-0.4, -0.2) is 6.61 Å². The van der Waals surface area contributed by atoms with Crippen LogP contribution in [0.3, 0.4) is 0 Å². The van der Waals surface area contributed by atoms with Crippen molar-refractivity contribution < 1.29 is 4.74 Å². The molecule has 3 heteroatoms. The highest BCUT2D eigenvalue weighted by molar-refractivity contribution is 5.43. The summed E-state index contributed by atoms with van der Waals surface area (Å²) in [6.07, 6.45) is 5.85. The maximum atomic E-state index is 5.71. The second-order valence-electron chi connectivity index (χ2n) is 6.63. The van der Waals surface area contributed by atoms with E-state index in [1.807, 2.05) is 36.4 Å². The summed E-state index contributed by atoms with van der Waals surface area (Å²) >= 11 is 0. The van der Waals surface area contributed by atoms with Crippen LogP contribution in [0.1, 0.15) is 52.0 Å². The molecule has 2 rings (SSSR count). The molecule has 0 saturated heterocycles. The minimum Gasteiger partial charge on any atom is -0.494 e. The van der Waals surface area contributed by atoms with E-state index in [9.17, 15) is 0 Å². The van der Waals surface area contributed by atoms with Crippen LogP contribution in [0.15, 0.2) is 58.8 Å². The summed E-state index contributed by atoms with van der Waals surface area (Å²) in [5.74, 6) is 1.61. The van der Waals surface area contributed by atoms with Crippen LogP contribution < -0.4 is 4.74 Å². The zero-order valence-corrected chi connectivity index (χ0v) is 15.7. The van der Waals surface area contributed by atoms with Crippen LogP contribution in [-0.2, 0) is 6.42 Å². The SMILES string of the molecule is CCCCCOc1ccc(N=Nc2ccc(CC(C)CC)cc2)cc1. The van der Waals surface area contributed by atoms with E-state index < -0.39 is 0 Å². The molecule has 1 unspecified atom stereocenters. The van der Waals surface area contributed by atoms with Crippen LogP contribution in [0.25, 0.3) is 0 Å². The molecule has 25 heavy (non-hydrogen) atoms. The second kappa shape index (κ2) is 10.7. The Bertz CT molecular complexity index is 632. The van der Waals surface area contributed by atoms with Crippen molar-refractivity contribution >= 4 is 11.4 Å². The average molecular weight is 338 g/mol. The van der Waals surface area contributed by atoms with Crippen LogP contribution in [0.2, 0.25) is 0 Å². The third-order valence-electron chi connectivity index (χ3n) is 4.35. The first-order chi connectivity index (χ1) is 12.2. The molecule has 0 radical (unpaired) electrons. The monoisotopic (exact) mass is 338 g/mol. The van der Waals surface area contributed by atoms with Gasteiger partial charge in [0, 0.05) is 0 Å². The zero-order chi connectivity index (χ0) is 17.9. The average Bonchev–Trinajstić information content (AvgIpc) is 2.65. The lowest BCUT2D eigenvalue weighted by Gasteiger charge is -2.07. The van der Waals surface area contributed by atoms with Crippen LogP contribution in [0, 0.1) is 5.92 Å². The van der Waals surface area contributed by atoms with Crippen molar-refractivity contribution in [1.82, 2.24) is 0 Å². The van der Waals surface area contributed by atoms with Crippen molar-refractivity contribution in [3.8, 4) is 5.75 Å². The fraction of sp³-hybridized carbons (Fsp3) is 0.455. The van der Waals surface area contributed by atoms with Crippen molar-refractivity contribution in [2.45, 2.75) is 52.9 Å². The van der Waals surface area contributed by atoms with Crippen molar-refractivity contribution in [2.75, 3.05) is 6.61 Å². The number of azo groups is 1. The number of nitrogens with zero attached hydrogens (tertiary/aromatic N) is 2. The predicted octanol–water partition coefficient (Wildman–Crippen LogP) is 7.26. The molecule has 0 bridgehead atoms.